The maximum atomic E-state index is 11.6. The number of benzene rings is 1. The molecule has 3 N–H and O–H groups in total. The van der Waals surface area contributed by atoms with Crippen molar-refractivity contribution in [2.24, 2.45) is 0 Å². The number of carboxylic acid groups (broad SMARTS) is 1. The molecule has 0 spiro atoms. The lowest BCUT2D eigenvalue weighted by molar-refractivity contribution is 0.0521. The third-order valence-corrected chi connectivity index (χ3v) is 2.91. The van der Waals surface area contributed by atoms with Crippen LogP contribution in [-0.4, -0.2) is 32.7 Å². The van der Waals surface area contributed by atoms with Crippen LogP contribution in [0.2, 0.25) is 0 Å². The van der Waals surface area contributed by atoms with Crippen LogP contribution in [0, 0.1) is 6.92 Å². The fourth-order valence-electron chi connectivity index (χ4n) is 2.00. The summed E-state index contributed by atoms with van der Waals surface area (Å²) in [7, 11) is 0. The Morgan fingerprint density at radius 3 is 2.64 bits per heavy atom. The van der Waals surface area contributed by atoms with Crippen LogP contribution in [0.1, 0.15) is 42.5 Å². The first-order valence-corrected chi connectivity index (χ1v) is 6.85. The van der Waals surface area contributed by atoms with Gasteiger partial charge in [0.15, 0.2) is 0 Å². The number of aryl methyl sites for hydroxylation is 1. The number of amides is 1. The van der Waals surface area contributed by atoms with Gasteiger partial charge in [-0.3, -0.25) is 0 Å². The molecule has 0 aliphatic carbocycles. The van der Waals surface area contributed by atoms with Crippen LogP contribution in [0.25, 0.3) is 11.0 Å². The van der Waals surface area contributed by atoms with Crippen molar-refractivity contribution >= 4 is 23.1 Å². The fraction of sp³-hybridized carbons (Fsp3) is 0.400. The molecule has 1 amide bonds. The number of imidazole rings is 1. The molecular weight excluding hydrogens is 286 g/mol. The summed E-state index contributed by atoms with van der Waals surface area (Å²) in [6, 6.07) is 3.24. The quantitative estimate of drug-likeness (QED) is 0.808. The summed E-state index contributed by atoms with van der Waals surface area (Å²) in [4.78, 5) is 30.0. The van der Waals surface area contributed by atoms with Crippen molar-refractivity contribution in [1.82, 2.24) is 15.3 Å². The number of nitrogens with one attached hydrogen (secondary N) is 2. The largest absolute Gasteiger partial charge is 0.478 e. The third kappa shape index (κ3) is 3.75. The van der Waals surface area contributed by atoms with E-state index >= 15 is 0 Å². The van der Waals surface area contributed by atoms with Crippen LogP contribution in [0.5, 0.6) is 0 Å². The molecule has 1 aromatic carbocycles. The van der Waals surface area contributed by atoms with Gasteiger partial charge in [-0.15, -0.1) is 0 Å². The SMILES string of the molecule is Cc1cc2nc(CNC(=O)OC(C)(C)C)[nH]c2cc1C(=O)O. The number of aromatic amines is 1. The minimum Gasteiger partial charge on any atom is -0.478 e. The standard InChI is InChI=1S/C15H19N3O4/c1-8-5-10-11(6-9(8)13(19)20)18-12(17-10)7-16-14(21)22-15(2,3)4/h5-6H,7H2,1-4H3,(H,16,21)(H,17,18)(H,19,20). The molecule has 7 heteroatoms. The van der Waals surface area contributed by atoms with Crippen LogP contribution < -0.4 is 5.32 Å². The van der Waals surface area contributed by atoms with Crippen molar-refractivity contribution in [3.63, 3.8) is 0 Å². The lowest BCUT2D eigenvalue weighted by Crippen LogP contribution is -2.32. The summed E-state index contributed by atoms with van der Waals surface area (Å²) in [5.74, 6) is -0.453. The zero-order chi connectivity index (χ0) is 16.5. The Hall–Kier alpha value is -2.57. The van der Waals surface area contributed by atoms with Gasteiger partial charge in [-0.2, -0.15) is 0 Å². The lowest BCUT2D eigenvalue weighted by atomic mass is 10.1. The van der Waals surface area contributed by atoms with E-state index in [0.29, 0.717) is 22.4 Å². The molecule has 118 valence electrons. The Morgan fingerprint density at radius 1 is 1.36 bits per heavy atom. The Labute approximate surface area is 127 Å². The van der Waals surface area contributed by atoms with Gasteiger partial charge in [0, 0.05) is 0 Å². The molecule has 0 saturated carbocycles. The maximum absolute atomic E-state index is 11.6. The highest BCUT2D eigenvalue weighted by Crippen LogP contribution is 2.18. The number of rotatable bonds is 3. The molecule has 0 saturated heterocycles. The normalized spacial score (nSPS) is 11.5. The molecule has 0 aliphatic rings. The van der Waals surface area contributed by atoms with Gasteiger partial charge < -0.3 is 20.1 Å². The molecule has 1 heterocycles. The first-order valence-electron chi connectivity index (χ1n) is 6.85. The zero-order valence-corrected chi connectivity index (χ0v) is 13.0. The molecule has 0 aliphatic heterocycles. The van der Waals surface area contributed by atoms with Crippen molar-refractivity contribution in [2.75, 3.05) is 0 Å². The number of fused-ring (bicyclic) bond motifs is 1. The number of H-pyrrole nitrogens is 1. The molecular formula is C15H19N3O4. The van der Waals surface area contributed by atoms with Crippen molar-refractivity contribution in [2.45, 2.75) is 39.8 Å². The summed E-state index contributed by atoms with van der Waals surface area (Å²) >= 11 is 0. The van der Waals surface area contributed by atoms with Crippen LogP contribution in [0.4, 0.5) is 4.79 Å². The third-order valence-electron chi connectivity index (χ3n) is 2.91. The summed E-state index contributed by atoms with van der Waals surface area (Å²) < 4.78 is 5.13. The Kier molecular flexibility index (Phi) is 4.07. The second-order valence-corrected chi connectivity index (χ2v) is 6.03. The van der Waals surface area contributed by atoms with Crippen LogP contribution in [0.15, 0.2) is 12.1 Å². The van der Waals surface area contributed by atoms with Gasteiger partial charge in [-0.25, -0.2) is 14.6 Å². The van der Waals surface area contributed by atoms with Gasteiger partial charge in [-0.05, 0) is 45.4 Å². The van der Waals surface area contributed by atoms with E-state index < -0.39 is 17.7 Å². The number of nitrogens with zero attached hydrogens (tertiary/aromatic N) is 1. The van der Waals surface area contributed by atoms with Crippen LogP contribution in [-0.2, 0) is 11.3 Å². The van der Waals surface area contributed by atoms with E-state index in [-0.39, 0.29) is 12.1 Å². The molecule has 2 aromatic rings. The second kappa shape index (κ2) is 5.67. The van der Waals surface area contributed by atoms with E-state index in [4.69, 9.17) is 9.84 Å². The topological polar surface area (TPSA) is 104 Å². The minimum atomic E-state index is -0.984. The molecule has 0 atom stereocenters. The number of carbonyl (C=O) groups is 2. The van der Waals surface area contributed by atoms with Gasteiger partial charge in [0.1, 0.15) is 11.4 Å². The molecule has 22 heavy (non-hydrogen) atoms. The first kappa shape index (κ1) is 15.8. The van der Waals surface area contributed by atoms with Crippen molar-refractivity contribution < 1.29 is 19.4 Å². The van der Waals surface area contributed by atoms with Crippen molar-refractivity contribution in [1.29, 1.82) is 0 Å². The number of ether oxygens (including phenoxy) is 1. The number of aromatic nitrogens is 2. The molecule has 0 unspecified atom stereocenters. The van der Waals surface area contributed by atoms with Gasteiger partial charge >= 0.3 is 12.1 Å². The molecule has 0 fully saturated rings. The van der Waals surface area contributed by atoms with E-state index in [1.54, 1.807) is 33.8 Å². The zero-order valence-electron chi connectivity index (χ0n) is 13.0. The maximum Gasteiger partial charge on any atom is 0.408 e. The molecule has 7 nitrogen and oxygen atoms in total. The van der Waals surface area contributed by atoms with Crippen LogP contribution >= 0.6 is 0 Å². The number of hydrogen-bond donors (Lipinski definition) is 3. The van der Waals surface area contributed by atoms with E-state index in [1.165, 1.54) is 6.07 Å². The van der Waals surface area contributed by atoms with Crippen LogP contribution in [0.3, 0.4) is 0 Å². The Bertz CT molecular complexity index is 728. The predicted octanol–water partition coefficient (Wildman–Crippen LogP) is 2.59. The Morgan fingerprint density at radius 2 is 2.05 bits per heavy atom. The average Bonchev–Trinajstić information content (AvgIpc) is 2.74. The summed E-state index contributed by atoms with van der Waals surface area (Å²) in [5.41, 5.74) is 1.57. The fourth-order valence-corrected chi connectivity index (χ4v) is 2.00. The monoisotopic (exact) mass is 305 g/mol. The number of carbonyl (C=O) groups excluding carboxylic acids is 1. The van der Waals surface area contributed by atoms with Gasteiger partial charge in [0.25, 0.3) is 0 Å². The van der Waals surface area contributed by atoms with Gasteiger partial charge in [0.05, 0.1) is 23.1 Å². The molecule has 0 bridgehead atoms. The lowest BCUT2D eigenvalue weighted by Gasteiger charge is -2.19. The summed E-state index contributed by atoms with van der Waals surface area (Å²) in [6.07, 6.45) is -0.532. The van der Waals surface area contributed by atoms with Crippen molar-refractivity contribution in [3.8, 4) is 0 Å². The predicted molar refractivity (Wildman–Crippen MR) is 80.9 cm³/mol. The Balaban J connectivity index is 2.13. The smallest absolute Gasteiger partial charge is 0.408 e. The first-order chi connectivity index (χ1) is 10.2. The van der Waals surface area contributed by atoms with E-state index in [1.807, 2.05) is 0 Å². The number of alkyl carbamates (subject to hydrolysis) is 1. The number of carboxylic acids is 1. The van der Waals surface area contributed by atoms with Gasteiger partial charge in [-0.1, -0.05) is 0 Å². The van der Waals surface area contributed by atoms with E-state index in [2.05, 4.69) is 15.3 Å². The highest BCUT2D eigenvalue weighted by molar-refractivity contribution is 5.94. The average molecular weight is 305 g/mol. The number of hydrogen-bond acceptors (Lipinski definition) is 4. The molecule has 1 aromatic heterocycles. The highest BCUT2D eigenvalue weighted by Gasteiger charge is 2.16. The summed E-state index contributed by atoms with van der Waals surface area (Å²) in [5, 5.41) is 11.7. The number of aromatic carboxylic acids is 1. The summed E-state index contributed by atoms with van der Waals surface area (Å²) in [6.45, 7) is 7.24. The molecule has 2 rings (SSSR count). The van der Waals surface area contributed by atoms with Gasteiger partial charge in [0.2, 0.25) is 0 Å². The molecule has 0 radical (unpaired) electrons. The second-order valence-electron chi connectivity index (χ2n) is 6.03. The van der Waals surface area contributed by atoms with Crippen molar-refractivity contribution in [3.05, 3.63) is 29.1 Å². The highest BCUT2D eigenvalue weighted by atomic mass is 16.6. The van der Waals surface area contributed by atoms with E-state index in [9.17, 15) is 9.59 Å². The minimum absolute atomic E-state index is 0.172. The van der Waals surface area contributed by atoms with E-state index in [0.717, 1.165) is 0 Å².